The van der Waals surface area contributed by atoms with Crippen molar-refractivity contribution in [2.24, 2.45) is 0 Å². The monoisotopic (exact) mass is 248 g/mol. The molecule has 0 atom stereocenters. The summed E-state index contributed by atoms with van der Waals surface area (Å²) in [4.78, 5) is 0. The highest BCUT2D eigenvalue weighted by atomic mass is 79.9. The highest BCUT2D eigenvalue weighted by molar-refractivity contribution is 9.09. The highest BCUT2D eigenvalue weighted by Gasteiger charge is 2.35. The summed E-state index contributed by atoms with van der Waals surface area (Å²) >= 11 is 3.60. The second-order valence-electron chi connectivity index (χ2n) is 5.09. The molecule has 1 saturated carbocycles. The fourth-order valence-corrected chi connectivity index (χ4v) is 2.78. The maximum absolute atomic E-state index is 6.17. The largest absolute Gasteiger partial charge is 0.369 e. The summed E-state index contributed by atoms with van der Waals surface area (Å²) < 4.78 is 6.17. The van der Waals surface area contributed by atoms with E-state index in [1.807, 2.05) is 0 Å². The summed E-state index contributed by atoms with van der Waals surface area (Å²) in [5.41, 5.74) is 0.113. The van der Waals surface area contributed by atoms with E-state index in [4.69, 9.17) is 4.74 Å². The molecular weight excluding hydrogens is 228 g/mol. The molecule has 1 aliphatic carbocycles. The quantitative estimate of drug-likeness (QED) is 0.674. The fraction of sp³-hybridized carbons (Fsp3) is 1.00. The average molecular weight is 249 g/mol. The van der Waals surface area contributed by atoms with Gasteiger partial charge in [-0.3, -0.25) is 0 Å². The Hall–Kier alpha value is 0.440. The maximum Gasteiger partial charge on any atom is 0.0786 e. The first-order valence-electron chi connectivity index (χ1n) is 5.24. The lowest BCUT2D eigenvalue weighted by molar-refractivity contribution is -0.134. The van der Waals surface area contributed by atoms with Crippen LogP contribution in [0.15, 0.2) is 0 Å². The summed E-state index contributed by atoms with van der Waals surface area (Å²) in [6, 6.07) is 0. The van der Waals surface area contributed by atoms with Crippen molar-refractivity contribution in [2.75, 3.05) is 5.33 Å². The number of alkyl halides is 1. The topological polar surface area (TPSA) is 9.23 Å². The van der Waals surface area contributed by atoms with Gasteiger partial charge in [0.2, 0.25) is 0 Å². The Morgan fingerprint density at radius 1 is 1.15 bits per heavy atom. The molecule has 2 heteroatoms. The zero-order chi connectivity index (χ0) is 9.95. The average Bonchev–Trinajstić information content (AvgIpc) is 2.03. The molecule has 0 amide bonds. The van der Waals surface area contributed by atoms with Crippen LogP contribution in [0.25, 0.3) is 0 Å². The van der Waals surface area contributed by atoms with E-state index in [1.165, 1.54) is 32.1 Å². The molecule has 1 nitrogen and oxygen atoms in total. The minimum atomic E-state index is -0.00882. The van der Waals surface area contributed by atoms with Crippen LogP contribution in [-0.2, 0) is 4.74 Å². The van der Waals surface area contributed by atoms with Crippen LogP contribution < -0.4 is 0 Å². The van der Waals surface area contributed by atoms with Crippen molar-refractivity contribution in [2.45, 2.75) is 64.1 Å². The molecule has 0 heterocycles. The molecule has 0 unspecified atom stereocenters. The third-order valence-corrected chi connectivity index (χ3v) is 3.55. The Morgan fingerprint density at radius 2 is 1.69 bits per heavy atom. The molecule has 0 aromatic heterocycles. The first-order valence-corrected chi connectivity index (χ1v) is 6.36. The van der Waals surface area contributed by atoms with Crippen LogP contribution in [0.2, 0.25) is 0 Å². The smallest absolute Gasteiger partial charge is 0.0786 e. The van der Waals surface area contributed by atoms with Crippen LogP contribution in [-0.4, -0.2) is 16.5 Å². The summed E-state index contributed by atoms with van der Waals surface area (Å²) in [5, 5.41) is 0.983. The van der Waals surface area contributed by atoms with E-state index in [0.29, 0.717) is 0 Å². The zero-order valence-corrected chi connectivity index (χ0v) is 10.6. The lowest BCUT2D eigenvalue weighted by atomic mass is 9.85. The molecule has 0 bridgehead atoms. The molecule has 13 heavy (non-hydrogen) atoms. The van der Waals surface area contributed by atoms with Crippen molar-refractivity contribution in [3.05, 3.63) is 0 Å². The molecule has 1 fully saturated rings. The van der Waals surface area contributed by atoms with Gasteiger partial charge < -0.3 is 4.74 Å². The van der Waals surface area contributed by atoms with Gasteiger partial charge >= 0.3 is 0 Å². The van der Waals surface area contributed by atoms with Crippen LogP contribution >= 0.6 is 15.9 Å². The molecule has 0 spiro atoms. The normalized spacial score (nSPS) is 23.1. The number of ether oxygens (including phenoxy) is 1. The minimum absolute atomic E-state index is 0.00882. The van der Waals surface area contributed by atoms with E-state index in [1.54, 1.807) is 0 Å². The van der Waals surface area contributed by atoms with Gasteiger partial charge in [0.25, 0.3) is 0 Å². The third kappa shape index (κ3) is 3.59. The number of hydrogen-bond donors (Lipinski definition) is 0. The summed E-state index contributed by atoms with van der Waals surface area (Å²) in [6.07, 6.45) is 6.46. The van der Waals surface area contributed by atoms with Crippen molar-refractivity contribution in [3.8, 4) is 0 Å². The molecule has 0 radical (unpaired) electrons. The maximum atomic E-state index is 6.17. The second kappa shape index (κ2) is 4.31. The van der Waals surface area contributed by atoms with Crippen LogP contribution in [0.3, 0.4) is 0 Å². The van der Waals surface area contributed by atoms with Gasteiger partial charge in [0.1, 0.15) is 0 Å². The van der Waals surface area contributed by atoms with E-state index in [0.717, 1.165) is 5.33 Å². The van der Waals surface area contributed by atoms with Crippen LogP contribution in [0.4, 0.5) is 0 Å². The molecule has 0 N–H and O–H groups in total. The Morgan fingerprint density at radius 3 is 2.08 bits per heavy atom. The zero-order valence-electron chi connectivity index (χ0n) is 9.03. The van der Waals surface area contributed by atoms with Gasteiger partial charge in [-0.2, -0.15) is 0 Å². The van der Waals surface area contributed by atoms with Gasteiger partial charge in [0, 0.05) is 5.33 Å². The minimum Gasteiger partial charge on any atom is -0.369 e. The Balaban J connectivity index is 2.57. The second-order valence-corrected chi connectivity index (χ2v) is 5.65. The van der Waals surface area contributed by atoms with Crippen LogP contribution in [0.1, 0.15) is 52.9 Å². The third-order valence-electron chi connectivity index (χ3n) is 2.53. The fourth-order valence-electron chi connectivity index (χ4n) is 2.11. The van der Waals surface area contributed by atoms with Crippen LogP contribution in [0, 0.1) is 0 Å². The molecule has 1 aliphatic rings. The highest BCUT2D eigenvalue weighted by Crippen LogP contribution is 2.36. The number of halogens is 1. The van der Waals surface area contributed by atoms with Crippen molar-refractivity contribution in [1.82, 2.24) is 0 Å². The standard InChI is InChI=1S/C11H21BrO/c1-10(2,3)13-11(9-12)7-5-4-6-8-11/h4-9H2,1-3H3. The van der Waals surface area contributed by atoms with Crippen molar-refractivity contribution >= 4 is 15.9 Å². The van der Waals surface area contributed by atoms with E-state index >= 15 is 0 Å². The van der Waals surface area contributed by atoms with Gasteiger partial charge in [0.15, 0.2) is 0 Å². The molecule has 0 saturated heterocycles. The van der Waals surface area contributed by atoms with E-state index < -0.39 is 0 Å². The van der Waals surface area contributed by atoms with Gasteiger partial charge in [-0.15, -0.1) is 0 Å². The Labute approximate surface area is 90.4 Å². The molecule has 78 valence electrons. The molecule has 0 aromatic carbocycles. The predicted molar refractivity (Wildman–Crippen MR) is 60.4 cm³/mol. The Kier molecular flexibility index (Phi) is 3.82. The molecule has 1 rings (SSSR count). The molecule has 0 aromatic rings. The molecule has 0 aliphatic heterocycles. The first kappa shape index (κ1) is 11.5. The molecular formula is C11H21BrO. The van der Waals surface area contributed by atoms with Crippen molar-refractivity contribution in [3.63, 3.8) is 0 Å². The predicted octanol–water partition coefficient (Wildman–Crippen LogP) is 3.90. The number of hydrogen-bond acceptors (Lipinski definition) is 1. The summed E-state index contributed by atoms with van der Waals surface area (Å²) in [7, 11) is 0. The lowest BCUT2D eigenvalue weighted by Crippen LogP contribution is -2.43. The van der Waals surface area contributed by atoms with Crippen molar-refractivity contribution < 1.29 is 4.74 Å². The lowest BCUT2D eigenvalue weighted by Gasteiger charge is -2.41. The SMILES string of the molecule is CC(C)(C)OC1(CBr)CCCCC1. The summed E-state index contributed by atoms with van der Waals surface area (Å²) in [5.74, 6) is 0. The van der Waals surface area contributed by atoms with Gasteiger partial charge in [-0.25, -0.2) is 0 Å². The first-order chi connectivity index (χ1) is 5.97. The number of rotatable bonds is 2. The van der Waals surface area contributed by atoms with E-state index in [9.17, 15) is 0 Å². The van der Waals surface area contributed by atoms with Gasteiger partial charge in [-0.05, 0) is 33.6 Å². The van der Waals surface area contributed by atoms with E-state index in [2.05, 4.69) is 36.7 Å². The van der Waals surface area contributed by atoms with Crippen LogP contribution in [0.5, 0.6) is 0 Å². The Bertz CT molecular complexity index is 154. The summed E-state index contributed by atoms with van der Waals surface area (Å²) in [6.45, 7) is 6.43. The van der Waals surface area contributed by atoms with E-state index in [-0.39, 0.29) is 11.2 Å². The van der Waals surface area contributed by atoms with Gasteiger partial charge in [-0.1, -0.05) is 35.2 Å². The van der Waals surface area contributed by atoms with Crippen molar-refractivity contribution in [1.29, 1.82) is 0 Å². The van der Waals surface area contributed by atoms with Gasteiger partial charge in [0.05, 0.1) is 11.2 Å².